The third kappa shape index (κ3) is 1.83. The van der Waals surface area contributed by atoms with Crippen molar-refractivity contribution in [2.45, 2.75) is 19.8 Å². The van der Waals surface area contributed by atoms with E-state index in [2.05, 4.69) is 24.6 Å². The molecule has 16 heavy (non-hydrogen) atoms. The van der Waals surface area contributed by atoms with Gasteiger partial charge in [0.2, 0.25) is 0 Å². The summed E-state index contributed by atoms with van der Waals surface area (Å²) in [6.07, 6.45) is 2.07. The first-order valence-electron chi connectivity index (χ1n) is 5.58. The topological polar surface area (TPSA) is 30.9 Å². The summed E-state index contributed by atoms with van der Waals surface area (Å²) in [5.74, 6) is 0. The molecule has 0 fully saturated rings. The zero-order valence-corrected chi connectivity index (χ0v) is 10.5. The first kappa shape index (κ1) is 11.5. The molecule has 0 aliphatic carbocycles. The lowest BCUT2D eigenvalue weighted by molar-refractivity contribution is 0.816. The van der Waals surface area contributed by atoms with Crippen LogP contribution in [0.2, 0.25) is 5.02 Å². The van der Waals surface area contributed by atoms with E-state index in [1.807, 2.05) is 12.1 Å². The average Bonchev–Trinajstić information content (AvgIpc) is 2.50. The fourth-order valence-corrected chi connectivity index (χ4v) is 2.38. The molecule has 2 nitrogen and oxygen atoms in total. The Bertz CT molecular complexity index is 514. The van der Waals surface area contributed by atoms with Crippen LogP contribution < -0.4 is 5.73 Å². The average molecular weight is 237 g/mol. The summed E-state index contributed by atoms with van der Waals surface area (Å²) in [5, 5.41) is 2.09. The SMILES string of the molecule is Cc1c(CCCN)c2ccc(Cl)cc2n1C. The first-order chi connectivity index (χ1) is 7.65. The van der Waals surface area contributed by atoms with Gasteiger partial charge in [0.15, 0.2) is 0 Å². The fourth-order valence-electron chi connectivity index (χ4n) is 2.21. The molecule has 2 aromatic rings. The maximum absolute atomic E-state index is 6.02. The van der Waals surface area contributed by atoms with Gasteiger partial charge < -0.3 is 10.3 Å². The first-order valence-corrected chi connectivity index (χ1v) is 5.96. The van der Waals surface area contributed by atoms with Crippen LogP contribution >= 0.6 is 11.6 Å². The largest absolute Gasteiger partial charge is 0.348 e. The van der Waals surface area contributed by atoms with Crippen LogP contribution in [0.15, 0.2) is 18.2 Å². The van der Waals surface area contributed by atoms with Crippen LogP contribution in [0.1, 0.15) is 17.7 Å². The van der Waals surface area contributed by atoms with Crippen LogP contribution in [0.5, 0.6) is 0 Å². The molecule has 0 bridgehead atoms. The summed E-state index contributed by atoms with van der Waals surface area (Å²) in [5.41, 5.74) is 9.49. The number of aromatic nitrogens is 1. The van der Waals surface area contributed by atoms with Crippen LogP contribution in [0.4, 0.5) is 0 Å². The Morgan fingerprint density at radius 2 is 2.12 bits per heavy atom. The normalized spacial score (nSPS) is 11.2. The van der Waals surface area contributed by atoms with Gasteiger partial charge in [-0.15, -0.1) is 0 Å². The third-order valence-corrected chi connectivity index (χ3v) is 3.45. The molecule has 86 valence electrons. The maximum Gasteiger partial charge on any atom is 0.0497 e. The Hall–Kier alpha value is -0.990. The summed E-state index contributed by atoms with van der Waals surface area (Å²) in [6, 6.07) is 6.08. The molecule has 0 aliphatic heterocycles. The van der Waals surface area contributed by atoms with Gasteiger partial charge in [0, 0.05) is 28.7 Å². The van der Waals surface area contributed by atoms with E-state index in [1.54, 1.807) is 0 Å². The monoisotopic (exact) mass is 236 g/mol. The Kier molecular flexibility index (Phi) is 3.22. The molecule has 0 saturated carbocycles. The third-order valence-electron chi connectivity index (χ3n) is 3.22. The lowest BCUT2D eigenvalue weighted by Gasteiger charge is -2.00. The Labute approximate surface area is 101 Å². The molecule has 0 amide bonds. The van der Waals surface area contributed by atoms with Gasteiger partial charge in [0.25, 0.3) is 0 Å². The van der Waals surface area contributed by atoms with Crippen molar-refractivity contribution in [1.82, 2.24) is 4.57 Å². The van der Waals surface area contributed by atoms with Crippen LogP contribution in [0.25, 0.3) is 10.9 Å². The highest BCUT2D eigenvalue weighted by molar-refractivity contribution is 6.31. The number of rotatable bonds is 3. The van der Waals surface area contributed by atoms with Crippen LogP contribution in [-0.4, -0.2) is 11.1 Å². The smallest absolute Gasteiger partial charge is 0.0497 e. The fraction of sp³-hybridized carbons (Fsp3) is 0.385. The van der Waals surface area contributed by atoms with Crippen LogP contribution in [-0.2, 0) is 13.5 Å². The van der Waals surface area contributed by atoms with Crippen molar-refractivity contribution in [3.63, 3.8) is 0 Å². The molecular weight excluding hydrogens is 220 g/mol. The molecule has 0 saturated heterocycles. The number of hydrogen-bond acceptors (Lipinski definition) is 1. The minimum Gasteiger partial charge on any atom is -0.348 e. The van der Waals surface area contributed by atoms with E-state index in [9.17, 15) is 0 Å². The molecule has 0 atom stereocenters. The van der Waals surface area contributed by atoms with E-state index >= 15 is 0 Å². The van der Waals surface area contributed by atoms with Crippen molar-refractivity contribution < 1.29 is 0 Å². The maximum atomic E-state index is 6.02. The van der Waals surface area contributed by atoms with E-state index in [-0.39, 0.29) is 0 Å². The summed E-state index contributed by atoms with van der Waals surface area (Å²) in [6.45, 7) is 2.89. The lowest BCUT2D eigenvalue weighted by atomic mass is 10.1. The Morgan fingerprint density at radius 3 is 2.81 bits per heavy atom. The predicted molar refractivity (Wildman–Crippen MR) is 70.0 cm³/mol. The van der Waals surface area contributed by atoms with Gasteiger partial charge in [0.05, 0.1) is 0 Å². The summed E-state index contributed by atoms with van der Waals surface area (Å²) < 4.78 is 2.20. The molecule has 1 aromatic carbocycles. The molecule has 0 radical (unpaired) electrons. The van der Waals surface area contributed by atoms with Gasteiger partial charge >= 0.3 is 0 Å². The van der Waals surface area contributed by atoms with Gasteiger partial charge in [0.1, 0.15) is 0 Å². The number of fused-ring (bicyclic) bond motifs is 1. The zero-order chi connectivity index (χ0) is 11.7. The van der Waals surface area contributed by atoms with Crippen LogP contribution in [0, 0.1) is 6.92 Å². The minimum absolute atomic E-state index is 0.740. The molecule has 2 rings (SSSR count). The Morgan fingerprint density at radius 1 is 1.38 bits per heavy atom. The predicted octanol–water partition coefficient (Wildman–Crippen LogP) is 3.03. The number of aryl methyl sites for hydroxylation is 2. The number of hydrogen-bond donors (Lipinski definition) is 1. The highest BCUT2D eigenvalue weighted by atomic mass is 35.5. The number of nitrogens with two attached hydrogens (primary N) is 1. The second-order valence-electron chi connectivity index (χ2n) is 4.18. The molecule has 3 heteroatoms. The number of nitrogens with zero attached hydrogens (tertiary/aromatic N) is 1. The number of halogens is 1. The lowest BCUT2D eigenvalue weighted by Crippen LogP contribution is -2.01. The molecule has 0 unspecified atom stereocenters. The van der Waals surface area contributed by atoms with Crippen LogP contribution in [0.3, 0.4) is 0 Å². The van der Waals surface area contributed by atoms with Gasteiger partial charge in [-0.3, -0.25) is 0 Å². The van der Waals surface area contributed by atoms with E-state index in [0.717, 1.165) is 24.4 Å². The van der Waals surface area contributed by atoms with Crippen molar-refractivity contribution >= 4 is 22.5 Å². The summed E-state index contributed by atoms with van der Waals surface area (Å²) in [7, 11) is 2.08. The number of benzene rings is 1. The quantitative estimate of drug-likeness (QED) is 0.873. The second kappa shape index (κ2) is 4.48. The van der Waals surface area contributed by atoms with Crippen molar-refractivity contribution in [2.24, 2.45) is 12.8 Å². The van der Waals surface area contributed by atoms with E-state index < -0.39 is 0 Å². The van der Waals surface area contributed by atoms with E-state index in [4.69, 9.17) is 17.3 Å². The second-order valence-corrected chi connectivity index (χ2v) is 4.61. The van der Waals surface area contributed by atoms with Crippen molar-refractivity contribution in [3.8, 4) is 0 Å². The highest BCUT2D eigenvalue weighted by Crippen LogP contribution is 2.28. The zero-order valence-electron chi connectivity index (χ0n) is 9.76. The Balaban J connectivity index is 2.59. The van der Waals surface area contributed by atoms with E-state index in [1.165, 1.54) is 22.2 Å². The van der Waals surface area contributed by atoms with E-state index in [0.29, 0.717) is 0 Å². The standard InChI is InChI=1S/C13H17ClN2/c1-9-11(4-3-7-15)12-6-5-10(14)8-13(12)16(9)2/h5-6,8H,3-4,7,15H2,1-2H3. The highest BCUT2D eigenvalue weighted by Gasteiger charge is 2.11. The van der Waals surface area contributed by atoms with Gasteiger partial charge in [-0.1, -0.05) is 17.7 Å². The molecular formula is C13H17ClN2. The van der Waals surface area contributed by atoms with Gasteiger partial charge in [-0.2, -0.15) is 0 Å². The minimum atomic E-state index is 0.740. The van der Waals surface area contributed by atoms with Gasteiger partial charge in [-0.05, 0) is 44.0 Å². The van der Waals surface area contributed by atoms with Crippen molar-refractivity contribution in [2.75, 3.05) is 6.54 Å². The summed E-state index contributed by atoms with van der Waals surface area (Å²) >= 11 is 6.02. The summed E-state index contributed by atoms with van der Waals surface area (Å²) in [4.78, 5) is 0. The van der Waals surface area contributed by atoms with Gasteiger partial charge in [-0.25, -0.2) is 0 Å². The molecule has 0 aliphatic rings. The molecule has 1 aromatic heterocycles. The molecule has 1 heterocycles. The molecule has 0 spiro atoms. The van der Waals surface area contributed by atoms with Crippen molar-refractivity contribution in [1.29, 1.82) is 0 Å². The molecule has 2 N–H and O–H groups in total. The van der Waals surface area contributed by atoms with Crippen molar-refractivity contribution in [3.05, 3.63) is 34.5 Å².